The van der Waals surface area contributed by atoms with E-state index in [1.165, 1.54) is 48.9 Å². The first-order valence-electron chi connectivity index (χ1n) is 11.6. The fourth-order valence-electron chi connectivity index (χ4n) is 4.78. The number of thioether (sulfide) groups is 1. The summed E-state index contributed by atoms with van der Waals surface area (Å²) in [6.45, 7) is 6.18. The molecule has 0 radical (unpaired) electrons. The standard InChI is InChI=1S/C24H31F3N4OS/c1-17-18(2)31(20-8-4-3-5-9-20)23(28-17)33-16-22(32)30-13-11-29(12-14-30)21-10-6-7-19(15-21)24(25,26)27/h6-7,10,15,20H,3-5,8-9,11-14,16H2,1-2H3. The van der Waals surface area contributed by atoms with Crippen LogP contribution in [-0.4, -0.2) is 52.3 Å². The number of amides is 1. The lowest BCUT2D eigenvalue weighted by Crippen LogP contribution is -2.49. The Hall–Kier alpha value is -2.16. The summed E-state index contributed by atoms with van der Waals surface area (Å²) >= 11 is 1.50. The SMILES string of the molecule is Cc1nc(SCC(=O)N2CCN(c3cccc(C(F)(F)F)c3)CC2)n(C2CCCCC2)c1C. The van der Waals surface area contributed by atoms with Crippen LogP contribution in [0.3, 0.4) is 0 Å². The number of hydrogen-bond donors (Lipinski definition) is 0. The second-order valence-electron chi connectivity index (χ2n) is 8.93. The molecule has 2 aliphatic rings. The molecule has 2 heterocycles. The van der Waals surface area contributed by atoms with E-state index in [1.54, 1.807) is 6.07 Å². The van der Waals surface area contributed by atoms with Crippen molar-refractivity contribution in [2.24, 2.45) is 0 Å². The highest BCUT2D eigenvalue weighted by Gasteiger charge is 2.31. The van der Waals surface area contributed by atoms with Gasteiger partial charge in [0.1, 0.15) is 0 Å². The van der Waals surface area contributed by atoms with Crippen LogP contribution in [0.5, 0.6) is 0 Å². The fourth-order valence-corrected chi connectivity index (χ4v) is 5.84. The number of carbonyl (C=O) groups excluding carboxylic acids is 1. The number of anilines is 1. The number of nitrogens with zero attached hydrogens (tertiary/aromatic N) is 4. The maximum Gasteiger partial charge on any atom is 0.416 e. The molecule has 33 heavy (non-hydrogen) atoms. The largest absolute Gasteiger partial charge is 0.416 e. The lowest BCUT2D eigenvalue weighted by atomic mass is 9.95. The Bertz CT molecular complexity index is 977. The molecular formula is C24H31F3N4OS. The molecule has 1 aliphatic carbocycles. The third-order valence-electron chi connectivity index (χ3n) is 6.79. The quantitative estimate of drug-likeness (QED) is 0.533. The van der Waals surface area contributed by atoms with E-state index in [9.17, 15) is 18.0 Å². The van der Waals surface area contributed by atoms with Gasteiger partial charge in [0.15, 0.2) is 5.16 Å². The Morgan fingerprint density at radius 3 is 2.45 bits per heavy atom. The van der Waals surface area contributed by atoms with E-state index in [4.69, 9.17) is 4.98 Å². The third kappa shape index (κ3) is 5.50. The number of aromatic nitrogens is 2. The minimum absolute atomic E-state index is 0.0530. The number of rotatable bonds is 5. The van der Waals surface area contributed by atoms with Crippen molar-refractivity contribution in [1.82, 2.24) is 14.5 Å². The number of imidazole rings is 1. The lowest BCUT2D eigenvalue weighted by molar-refractivity contribution is -0.137. The van der Waals surface area contributed by atoms with E-state index in [1.807, 2.05) is 16.7 Å². The average molecular weight is 481 g/mol. The van der Waals surface area contributed by atoms with Gasteiger partial charge in [-0.2, -0.15) is 13.2 Å². The Balaban J connectivity index is 1.34. The lowest BCUT2D eigenvalue weighted by Gasteiger charge is -2.36. The minimum atomic E-state index is -4.36. The summed E-state index contributed by atoms with van der Waals surface area (Å²) in [6.07, 6.45) is 1.73. The van der Waals surface area contributed by atoms with Crippen molar-refractivity contribution in [2.45, 2.75) is 63.3 Å². The molecule has 180 valence electrons. The van der Waals surface area contributed by atoms with Crippen molar-refractivity contribution in [2.75, 3.05) is 36.8 Å². The van der Waals surface area contributed by atoms with Crippen molar-refractivity contribution in [3.05, 3.63) is 41.2 Å². The van der Waals surface area contributed by atoms with Gasteiger partial charge in [-0.3, -0.25) is 4.79 Å². The summed E-state index contributed by atoms with van der Waals surface area (Å²) in [6, 6.07) is 5.86. The van der Waals surface area contributed by atoms with Crippen LogP contribution in [0.15, 0.2) is 29.4 Å². The predicted octanol–water partition coefficient (Wildman–Crippen LogP) is 5.46. The van der Waals surface area contributed by atoms with E-state index in [0.29, 0.717) is 43.7 Å². The molecule has 2 aromatic rings. The number of benzene rings is 1. The summed E-state index contributed by atoms with van der Waals surface area (Å²) in [4.78, 5) is 21.3. The minimum Gasteiger partial charge on any atom is -0.368 e. The Morgan fingerprint density at radius 2 is 1.79 bits per heavy atom. The first-order valence-corrected chi connectivity index (χ1v) is 12.6. The first kappa shape index (κ1) is 24.0. The molecule has 1 aliphatic heterocycles. The van der Waals surface area contributed by atoms with Crippen molar-refractivity contribution in [3.63, 3.8) is 0 Å². The zero-order valence-electron chi connectivity index (χ0n) is 19.2. The zero-order chi connectivity index (χ0) is 23.6. The summed E-state index contributed by atoms with van der Waals surface area (Å²) in [5.41, 5.74) is 2.11. The molecule has 4 rings (SSSR count). The molecule has 1 saturated carbocycles. The molecule has 0 atom stereocenters. The van der Waals surface area contributed by atoms with Crippen molar-refractivity contribution < 1.29 is 18.0 Å². The topological polar surface area (TPSA) is 41.4 Å². The van der Waals surface area contributed by atoms with Crippen LogP contribution in [0.2, 0.25) is 0 Å². The molecule has 1 saturated heterocycles. The molecule has 9 heteroatoms. The van der Waals surface area contributed by atoms with Gasteiger partial charge in [0.2, 0.25) is 5.91 Å². The van der Waals surface area contributed by atoms with Gasteiger partial charge in [-0.15, -0.1) is 0 Å². The van der Waals surface area contributed by atoms with Crippen LogP contribution < -0.4 is 4.90 Å². The van der Waals surface area contributed by atoms with Gasteiger partial charge in [-0.1, -0.05) is 37.1 Å². The highest BCUT2D eigenvalue weighted by atomic mass is 32.2. The maximum atomic E-state index is 13.0. The van der Waals surface area contributed by atoms with Gasteiger partial charge >= 0.3 is 6.18 Å². The van der Waals surface area contributed by atoms with E-state index in [0.717, 1.165) is 29.8 Å². The van der Waals surface area contributed by atoms with Gasteiger partial charge in [-0.25, -0.2) is 4.98 Å². The molecule has 2 fully saturated rings. The van der Waals surface area contributed by atoms with Crippen LogP contribution in [0.1, 0.15) is 55.1 Å². The summed E-state index contributed by atoms with van der Waals surface area (Å²) in [5, 5.41) is 0.924. The fraction of sp³-hybridized carbons (Fsp3) is 0.583. The molecule has 1 amide bonds. The van der Waals surface area contributed by atoms with Gasteiger partial charge in [0.05, 0.1) is 17.0 Å². The number of piperazine rings is 1. The van der Waals surface area contributed by atoms with Crippen LogP contribution >= 0.6 is 11.8 Å². The normalized spacial score (nSPS) is 18.1. The maximum absolute atomic E-state index is 13.0. The highest BCUT2D eigenvalue weighted by Crippen LogP contribution is 2.35. The van der Waals surface area contributed by atoms with Gasteiger partial charge < -0.3 is 14.4 Å². The number of alkyl halides is 3. The predicted molar refractivity (Wildman–Crippen MR) is 125 cm³/mol. The van der Waals surface area contributed by atoms with Crippen LogP contribution in [0.25, 0.3) is 0 Å². The van der Waals surface area contributed by atoms with Crippen LogP contribution in [-0.2, 0) is 11.0 Å². The molecule has 0 bridgehead atoms. The molecule has 0 N–H and O–H groups in total. The molecular weight excluding hydrogens is 449 g/mol. The van der Waals surface area contributed by atoms with Crippen LogP contribution in [0, 0.1) is 13.8 Å². The highest BCUT2D eigenvalue weighted by molar-refractivity contribution is 7.99. The number of aryl methyl sites for hydroxylation is 1. The van der Waals surface area contributed by atoms with Crippen molar-refractivity contribution >= 4 is 23.4 Å². The van der Waals surface area contributed by atoms with E-state index in [2.05, 4.69) is 11.5 Å². The second-order valence-corrected chi connectivity index (χ2v) is 9.87. The third-order valence-corrected chi connectivity index (χ3v) is 7.73. The van der Waals surface area contributed by atoms with Crippen molar-refractivity contribution in [1.29, 1.82) is 0 Å². The van der Waals surface area contributed by atoms with Crippen molar-refractivity contribution in [3.8, 4) is 0 Å². The van der Waals surface area contributed by atoms with E-state index in [-0.39, 0.29) is 5.91 Å². The first-order chi connectivity index (χ1) is 15.7. The Kier molecular flexibility index (Phi) is 7.26. The summed E-state index contributed by atoms with van der Waals surface area (Å²) < 4.78 is 41.4. The van der Waals surface area contributed by atoms with E-state index < -0.39 is 11.7 Å². The Labute approximate surface area is 197 Å². The van der Waals surface area contributed by atoms with Gasteiger partial charge in [0.25, 0.3) is 0 Å². The second kappa shape index (κ2) is 9.99. The number of halogens is 3. The molecule has 0 spiro atoms. The van der Waals surface area contributed by atoms with E-state index >= 15 is 0 Å². The molecule has 0 unspecified atom stereocenters. The molecule has 1 aromatic heterocycles. The summed E-state index contributed by atoms with van der Waals surface area (Å²) in [5.74, 6) is 0.379. The smallest absolute Gasteiger partial charge is 0.368 e. The average Bonchev–Trinajstić information content (AvgIpc) is 3.11. The molecule has 1 aromatic carbocycles. The monoisotopic (exact) mass is 480 g/mol. The van der Waals surface area contributed by atoms with Gasteiger partial charge in [0, 0.05) is 43.6 Å². The number of carbonyl (C=O) groups is 1. The summed E-state index contributed by atoms with van der Waals surface area (Å²) in [7, 11) is 0. The van der Waals surface area contributed by atoms with Gasteiger partial charge in [-0.05, 0) is 44.9 Å². The van der Waals surface area contributed by atoms with Crippen LogP contribution in [0.4, 0.5) is 18.9 Å². The molecule has 5 nitrogen and oxygen atoms in total. The zero-order valence-corrected chi connectivity index (χ0v) is 20.0. The number of hydrogen-bond acceptors (Lipinski definition) is 4. The Morgan fingerprint density at radius 1 is 1.09 bits per heavy atom.